The van der Waals surface area contributed by atoms with Gasteiger partial charge in [-0.2, -0.15) is 11.3 Å². The fraction of sp³-hybridized carbons (Fsp3) is 0.214. The molecule has 0 aliphatic carbocycles. The second-order valence-corrected chi connectivity index (χ2v) is 5.64. The third-order valence-corrected chi connectivity index (χ3v) is 4.15. The maximum atomic E-state index is 8.64. The summed E-state index contributed by atoms with van der Waals surface area (Å²) in [7, 11) is 0. The SMILES string of the molecule is CC(NCc1ccc(/C(N)=N/O)cc1Cl)c1ccsc1. The molecule has 0 fully saturated rings. The molecule has 4 N–H and O–H groups in total. The molecule has 4 nitrogen and oxygen atoms in total. The summed E-state index contributed by atoms with van der Waals surface area (Å²) >= 11 is 7.89. The summed E-state index contributed by atoms with van der Waals surface area (Å²) in [6.45, 7) is 2.77. The predicted octanol–water partition coefficient (Wildman–Crippen LogP) is 3.35. The van der Waals surface area contributed by atoms with E-state index in [1.807, 2.05) is 6.07 Å². The Morgan fingerprint density at radius 2 is 2.30 bits per heavy atom. The van der Waals surface area contributed by atoms with Gasteiger partial charge in [-0.1, -0.05) is 28.9 Å². The highest BCUT2D eigenvalue weighted by molar-refractivity contribution is 7.07. The highest BCUT2D eigenvalue weighted by atomic mass is 35.5. The average molecular weight is 310 g/mol. The molecule has 0 saturated carbocycles. The number of benzene rings is 1. The number of nitrogens with zero attached hydrogens (tertiary/aromatic N) is 1. The molecule has 1 aromatic carbocycles. The summed E-state index contributed by atoms with van der Waals surface area (Å²) in [5.41, 5.74) is 8.37. The minimum absolute atomic E-state index is 0.0538. The number of hydrogen-bond donors (Lipinski definition) is 3. The Kier molecular flexibility index (Phi) is 5.00. The van der Waals surface area contributed by atoms with E-state index in [2.05, 4.69) is 34.2 Å². The molecule has 1 unspecified atom stereocenters. The molecule has 20 heavy (non-hydrogen) atoms. The van der Waals surface area contributed by atoms with Gasteiger partial charge >= 0.3 is 0 Å². The summed E-state index contributed by atoms with van der Waals surface area (Å²) in [6, 6.07) is 7.73. The van der Waals surface area contributed by atoms with Crippen molar-refractivity contribution in [2.45, 2.75) is 19.5 Å². The van der Waals surface area contributed by atoms with Crippen LogP contribution < -0.4 is 11.1 Å². The van der Waals surface area contributed by atoms with Crippen LogP contribution in [-0.2, 0) is 6.54 Å². The van der Waals surface area contributed by atoms with Crippen molar-refractivity contribution in [1.29, 1.82) is 0 Å². The van der Waals surface area contributed by atoms with E-state index in [0.717, 1.165) is 5.56 Å². The second-order valence-electron chi connectivity index (χ2n) is 4.45. The van der Waals surface area contributed by atoms with E-state index in [1.54, 1.807) is 23.5 Å². The minimum Gasteiger partial charge on any atom is -0.409 e. The Morgan fingerprint density at radius 1 is 1.50 bits per heavy atom. The number of halogens is 1. The van der Waals surface area contributed by atoms with Gasteiger partial charge in [-0.15, -0.1) is 0 Å². The summed E-state index contributed by atoms with van der Waals surface area (Å²) < 4.78 is 0. The van der Waals surface area contributed by atoms with Gasteiger partial charge in [0.25, 0.3) is 0 Å². The molecule has 0 amide bonds. The lowest BCUT2D eigenvalue weighted by molar-refractivity contribution is 0.318. The highest BCUT2D eigenvalue weighted by Gasteiger charge is 2.08. The third kappa shape index (κ3) is 3.50. The van der Waals surface area contributed by atoms with Gasteiger partial charge in [0.15, 0.2) is 5.84 Å². The van der Waals surface area contributed by atoms with Gasteiger partial charge in [0.1, 0.15) is 0 Å². The van der Waals surface area contributed by atoms with Crippen molar-refractivity contribution in [3.05, 3.63) is 56.7 Å². The van der Waals surface area contributed by atoms with E-state index in [9.17, 15) is 0 Å². The largest absolute Gasteiger partial charge is 0.409 e. The Labute approximate surface area is 126 Å². The third-order valence-electron chi connectivity index (χ3n) is 3.10. The zero-order valence-corrected chi connectivity index (χ0v) is 12.6. The minimum atomic E-state index is 0.0538. The van der Waals surface area contributed by atoms with Gasteiger partial charge in [-0.25, -0.2) is 0 Å². The summed E-state index contributed by atoms with van der Waals surface area (Å²) in [5.74, 6) is 0.0538. The monoisotopic (exact) mass is 309 g/mol. The molecule has 0 aliphatic rings. The van der Waals surface area contributed by atoms with Gasteiger partial charge in [0, 0.05) is 23.2 Å². The Balaban J connectivity index is 2.03. The van der Waals surface area contributed by atoms with Gasteiger partial charge < -0.3 is 16.3 Å². The maximum absolute atomic E-state index is 8.64. The molecule has 2 rings (SSSR count). The van der Waals surface area contributed by atoms with E-state index >= 15 is 0 Å². The molecule has 2 aromatic rings. The van der Waals surface area contributed by atoms with Crippen molar-refractivity contribution in [3.8, 4) is 0 Å². The zero-order valence-electron chi connectivity index (χ0n) is 11.0. The molecule has 106 valence electrons. The average Bonchev–Trinajstić information content (AvgIpc) is 2.99. The molecule has 0 saturated heterocycles. The van der Waals surface area contributed by atoms with Crippen molar-refractivity contribution in [2.24, 2.45) is 10.9 Å². The first kappa shape index (κ1) is 14.8. The molecule has 6 heteroatoms. The topological polar surface area (TPSA) is 70.6 Å². The molecule has 1 aromatic heterocycles. The van der Waals surface area contributed by atoms with E-state index < -0.39 is 0 Å². The quantitative estimate of drug-likeness (QED) is 0.343. The maximum Gasteiger partial charge on any atom is 0.170 e. The molecular weight excluding hydrogens is 294 g/mol. The van der Waals surface area contributed by atoms with E-state index in [0.29, 0.717) is 17.1 Å². The molecule has 0 aliphatic heterocycles. The summed E-state index contributed by atoms with van der Waals surface area (Å²) in [4.78, 5) is 0. The standard InChI is InChI=1S/C14H16ClN3OS/c1-9(12-4-5-20-8-12)17-7-11-3-2-10(6-13(11)15)14(16)18-19/h2-6,8-9,17,19H,7H2,1H3,(H2,16,18). The number of nitrogens with one attached hydrogen (secondary N) is 1. The van der Waals surface area contributed by atoms with E-state index in [4.69, 9.17) is 22.5 Å². The van der Waals surface area contributed by atoms with Crippen LogP contribution in [0.2, 0.25) is 5.02 Å². The van der Waals surface area contributed by atoms with Crippen LogP contribution in [0.15, 0.2) is 40.2 Å². The summed E-state index contributed by atoms with van der Waals surface area (Å²) in [6.07, 6.45) is 0. The number of nitrogens with two attached hydrogens (primary N) is 1. The van der Waals surface area contributed by atoms with Gasteiger partial charge in [0.05, 0.1) is 0 Å². The van der Waals surface area contributed by atoms with Gasteiger partial charge in [0.2, 0.25) is 0 Å². The van der Waals surface area contributed by atoms with Crippen LogP contribution in [0.3, 0.4) is 0 Å². The van der Waals surface area contributed by atoms with Crippen LogP contribution in [0.5, 0.6) is 0 Å². The molecule has 0 spiro atoms. The zero-order chi connectivity index (χ0) is 14.5. The molecule has 1 atom stereocenters. The van der Waals surface area contributed by atoms with Crippen LogP contribution in [0, 0.1) is 0 Å². The lowest BCUT2D eigenvalue weighted by atomic mass is 10.1. The Morgan fingerprint density at radius 3 is 2.90 bits per heavy atom. The van der Waals surface area contributed by atoms with Crippen molar-refractivity contribution >= 4 is 28.8 Å². The van der Waals surface area contributed by atoms with Crippen molar-refractivity contribution in [2.75, 3.05) is 0 Å². The molecular formula is C14H16ClN3OS. The molecule has 0 radical (unpaired) electrons. The fourth-order valence-electron chi connectivity index (χ4n) is 1.81. The number of rotatable bonds is 5. The van der Waals surface area contributed by atoms with Crippen LogP contribution in [0.4, 0.5) is 0 Å². The van der Waals surface area contributed by atoms with Crippen molar-refractivity contribution in [1.82, 2.24) is 5.32 Å². The predicted molar refractivity (Wildman–Crippen MR) is 83.5 cm³/mol. The smallest absolute Gasteiger partial charge is 0.170 e. The Hall–Kier alpha value is -1.56. The lowest BCUT2D eigenvalue weighted by Gasteiger charge is -2.13. The second kappa shape index (κ2) is 6.74. The first-order valence-electron chi connectivity index (χ1n) is 6.13. The summed E-state index contributed by atoms with van der Waals surface area (Å²) in [5, 5.41) is 19.8. The number of amidine groups is 1. The van der Waals surface area contributed by atoms with Crippen molar-refractivity contribution in [3.63, 3.8) is 0 Å². The van der Waals surface area contributed by atoms with Crippen molar-refractivity contribution < 1.29 is 5.21 Å². The Bertz CT molecular complexity index is 598. The van der Waals surface area contributed by atoms with E-state index in [1.165, 1.54) is 5.56 Å². The van der Waals surface area contributed by atoms with Crippen LogP contribution in [0.25, 0.3) is 0 Å². The van der Waals surface area contributed by atoms with E-state index in [-0.39, 0.29) is 11.9 Å². The first-order valence-corrected chi connectivity index (χ1v) is 7.45. The van der Waals surface area contributed by atoms with Crippen LogP contribution >= 0.6 is 22.9 Å². The van der Waals surface area contributed by atoms with Gasteiger partial charge in [-0.3, -0.25) is 0 Å². The van der Waals surface area contributed by atoms with Gasteiger partial charge in [-0.05, 0) is 40.9 Å². The fourth-order valence-corrected chi connectivity index (χ4v) is 2.81. The van der Waals surface area contributed by atoms with Crippen LogP contribution in [-0.4, -0.2) is 11.0 Å². The normalized spacial score (nSPS) is 13.4. The lowest BCUT2D eigenvalue weighted by Crippen LogP contribution is -2.18. The molecule has 1 heterocycles. The molecule has 0 bridgehead atoms. The number of thiophene rings is 1. The number of hydrogen-bond acceptors (Lipinski definition) is 4. The number of oxime groups is 1. The first-order chi connectivity index (χ1) is 9.61. The van der Waals surface area contributed by atoms with Crippen LogP contribution in [0.1, 0.15) is 29.7 Å². The highest BCUT2D eigenvalue weighted by Crippen LogP contribution is 2.20.